The number of Topliss-reactive ketones (excluding diaryl/α,β-unsaturated/α-hetero) is 2. The van der Waals surface area contributed by atoms with Gasteiger partial charge in [0.05, 0.1) is 20.4 Å². The van der Waals surface area contributed by atoms with Crippen molar-refractivity contribution in [1.82, 2.24) is 9.97 Å². The molecule has 1 radical (unpaired) electrons. The maximum absolute atomic E-state index is 12.0. The molecule has 0 amide bonds. The van der Waals surface area contributed by atoms with Crippen molar-refractivity contribution >= 4 is 108 Å². The van der Waals surface area contributed by atoms with Crippen molar-refractivity contribution in [3.05, 3.63) is 137 Å². The number of rotatable bonds is 6. The average Bonchev–Trinajstić information content (AvgIpc) is 3.71. The Hall–Kier alpha value is -2.49. The number of hydrogen-bond donors (Lipinski definition) is 2. The van der Waals surface area contributed by atoms with E-state index in [1.54, 1.807) is 36.7 Å². The van der Waals surface area contributed by atoms with E-state index >= 15 is 0 Å². The predicted octanol–water partition coefficient (Wildman–Crippen LogP) is 10.5. The first-order valence-corrected chi connectivity index (χ1v) is 17.7. The fourth-order valence-electron chi connectivity index (χ4n) is 3.82. The van der Waals surface area contributed by atoms with Gasteiger partial charge in [0.2, 0.25) is 11.6 Å². The van der Waals surface area contributed by atoms with E-state index in [2.05, 4.69) is 84.3 Å². The molecule has 0 atom stereocenters. The smallest absolute Gasteiger partial charge is 0.201 e. The first-order valence-electron chi connectivity index (χ1n) is 12.8. The van der Waals surface area contributed by atoms with E-state index in [1.807, 2.05) is 71.4 Å². The normalized spacial score (nSPS) is 16.1. The second-order valence-corrected chi connectivity index (χ2v) is 14.3. The Morgan fingerprint density at radius 2 is 0.956 bits per heavy atom. The van der Waals surface area contributed by atoms with Crippen LogP contribution in [0.15, 0.2) is 137 Å². The van der Waals surface area contributed by atoms with Gasteiger partial charge in [-0.15, -0.1) is 22.7 Å². The van der Waals surface area contributed by atoms with Crippen LogP contribution in [0.25, 0.3) is 22.5 Å². The third-order valence-electron chi connectivity index (χ3n) is 5.92. The molecule has 45 heavy (non-hydrogen) atoms. The van der Waals surface area contributed by atoms with Crippen molar-refractivity contribution in [1.29, 1.82) is 0 Å². The minimum Gasteiger partial charge on any atom is -0.337 e. The van der Waals surface area contributed by atoms with Gasteiger partial charge in [0.1, 0.15) is 0 Å². The van der Waals surface area contributed by atoms with E-state index in [0.29, 0.717) is 20.1 Å². The van der Waals surface area contributed by atoms with Crippen LogP contribution < -0.4 is 10.6 Å². The van der Waals surface area contributed by atoms with Gasteiger partial charge in [0, 0.05) is 71.2 Å². The zero-order valence-corrected chi connectivity index (χ0v) is 31.8. The SMILES string of the molecule is O=C1C(Br)=CC(Br)=C/C1=C/Nc1nc(-c2ccccc2)cs1.O=C1C(Br)=CC(Br)=C/C1=C/Nc1nc(-c2ccccc2)cs1.[Co]. The molecule has 2 heterocycles. The molecule has 0 saturated carbocycles. The molecule has 6 rings (SSSR count). The van der Waals surface area contributed by atoms with Crippen molar-refractivity contribution in [2.45, 2.75) is 0 Å². The second kappa shape index (κ2) is 16.9. The Labute approximate surface area is 312 Å². The van der Waals surface area contributed by atoms with Gasteiger partial charge in [0.15, 0.2) is 10.3 Å². The molecule has 2 aromatic carbocycles. The van der Waals surface area contributed by atoms with Crippen molar-refractivity contribution in [3.63, 3.8) is 0 Å². The Bertz CT molecular complexity index is 1760. The van der Waals surface area contributed by atoms with E-state index in [9.17, 15) is 9.59 Å². The standard InChI is InChI=1S/2C16H10Br2N2OS.Co/c2*17-12-6-11(15(21)13(18)7-12)8-19-16-20-14(9-22-16)10-4-2-1-3-5-10;/h2*1-9H,(H,19,20);/b2*11-8-;. The minimum absolute atomic E-state index is 0. The van der Waals surface area contributed by atoms with Crippen LogP contribution in [0.4, 0.5) is 10.3 Å². The molecule has 2 aromatic heterocycles. The van der Waals surface area contributed by atoms with Crippen LogP contribution in [0.5, 0.6) is 0 Å². The summed E-state index contributed by atoms with van der Waals surface area (Å²) in [6.45, 7) is 0. The molecule has 229 valence electrons. The molecule has 0 saturated heterocycles. The van der Waals surface area contributed by atoms with Gasteiger partial charge in [-0.3, -0.25) is 9.59 Å². The van der Waals surface area contributed by atoms with Crippen LogP contribution in [0, 0.1) is 0 Å². The van der Waals surface area contributed by atoms with Crippen molar-refractivity contribution in [2.24, 2.45) is 0 Å². The molecule has 2 aliphatic carbocycles. The van der Waals surface area contributed by atoms with E-state index in [1.165, 1.54) is 22.7 Å². The number of carbonyl (C=O) groups is 2. The average molecular weight is 935 g/mol. The number of hydrogen-bond acceptors (Lipinski definition) is 8. The summed E-state index contributed by atoms with van der Waals surface area (Å²) < 4.78 is 2.74. The third-order valence-corrected chi connectivity index (χ3v) is 9.56. The summed E-state index contributed by atoms with van der Waals surface area (Å²) in [7, 11) is 0. The maximum atomic E-state index is 12.0. The molecule has 0 bridgehead atoms. The van der Waals surface area contributed by atoms with E-state index in [4.69, 9.17) is 0 Å². The minimum atomic E-state index is -0.0597. The van der Waals surface area contributed by atoms with E-state index < -0.39 is 0 Å². The molecule has 0 unspecified atom stereocenters. The summed E-state index contributed by atoms with van der Waals surface area (Å²) >= 11 is 16.3. The molecule has 4 aromatic rings. The van der Waals surface area contributed by atoms with Gasteiger partial charge in [-0.25, -0.2) is 9.97 Å². The van der Waals surface area contributed by atoms with Gasteiger partial charge in [0.25, 0.3) is 0 Å². The summed E-state index contributed by atoms with van der Waals surface area (Å²) in [4.78, 5) is 33.1. The van der Waals surface area contributed by atoms with Crippen LogP contribution in [-0.4, -0.2) is 21.5 Å². The predicted molar refractivity (Wildman–Crippen MR) is 197 cm³/mol. The summed E-state index contributed by atoms with van der Waals surface area (Å²) in [5.74, 6) is -0.119. The molecule has 0 fully saturated rings. The van der Waals surface area contributed by atoms with Crippen LogP contribution in [0.2, 0.25) is 0 Å². The number of ketones is 2. The van der Waals surface area contributed by atoms with Crippen LogP contribution in [-0.2, 0) is 26.4 Å². The zero-order chi connectivity index (χ0) is 31.1. The fraction of sp³-hybridized carbons (Fsp3) is 0. The Balaban J connectivity index is 0.000000200. The molecule has 13 heteroatoms. The monoisotopic (exact) mass is 931 g/mol. The first-order chi connectivity index (χ1) is 21.3. The zero-order valence-electron chi connectivity index (χ0n) is 22.8. The van der Waals surface area contributed by atoms with Crippen molar-refractivity contribution < 1.29 is 26.4 Å². The van der Waals surface area contributed by atoms with Crippen LogP contribution in [0.1, 0.15) is 0 Å². The molecule has 2 N–H and O–H groups in total. The van der Waals surface area contributed by atoms with Crippen LogP contribution in [0.3, 0.4) is 0 Å². The molecule has 0 spiro atoms. The van der Waals surface area contributed by atoms with Gasteiger partial charge < -0.3 is 10.6 Å². The summed E-state index contributed by atoms with van der Waals surface area (Å²) in [6.07, 6.45) is 10.3. The maximum Gasteiger partial charge on any atom is 0.201 e. The number of anilines is 2. The van der Waals surface area contributed by atoms with Crippen molar-refractivity contribution in [2.75, 3.05) is 10.6 Å². The molecule has 6 nitrogen and oxygen atoms in total. The quantitative estimate of drug-likeness (QED) is 0.188. The third kappa shape index (κ3) is 9.75. The van der Waals surface area contributed by atoms with Gasteiger partial charge in [-0.05, 0) is 56.2 Å². The summed E-state index contributed by atoms with van der Waals surface area (Å²) in [6, 6.07) is 20.0. The van der Waals surface area contributed by atoms with E-state index in [-0.39, 0.29) is 28.3 Å². The summed E-state index contributed by atoms with van der Waals surface area (Å²) in [5.41, 5.74) is 5.11. The fourth-order valence-corrected chi connectivity index (χ4v) is 7.71. The topological polar surface area (TPSA) is 84.0 Å². The van der Waals surface area contributed by atoms with Gasteiger partial charge in [-0.2, -0.15) is 0 Å². The van der Waals surface area contributed by atoms with Crippen molar-refractivity contribution in [3.8, 4) is 22.5 Å². The number of nitrogens with one attached hydrogen (secondary N) is 2. The largest absolute Gasteiger partial charge is 0.337 e. The number of carbonyl (C=O) groups excluding carboxylic acids is 2. The Morgan fingerprint density at radius 1 is 0.578 bits per heavy atom. The van der Waals surface area contributed by atoms with Crippen LogP contribution >= 0.6 is 86.4 Å². The molecule has 2 aliphatic rings. The number of allylic oxidation sites excluding steroid dienone is 10. The second-order valence-electron chi connectivity index (χ2n) is 9.00. The number of benzene rings is 2. The van der Waals surface area contributed by atoms with Gasteiger partial charge in [-0.1, -0.05) is 92.5 Å². The molecular weight excluding hydrogens is 915 g/mol. The van der Waals surface area contributed by atoms with Gasteiger partial charge >= 0.3 is 0 Å². The number of halogens is 4. The summed E-state index contributed by atoms with van der Waals surface area (Å²) in [5, 5.41) is 11.6. The Kier molecular flexibility index (Phi) is 13.3. The first kappa shape index (κ1) is 35.4. The number of thiazole rings is 2. The number of nitrogens with zero attached hydrogens (tertiary/aromatic N) is 2. The molecular formula is C32H20Br4CoN4O2S2. The van der Waals surface area contributed by atoms with E-state index in [0.717, 1.165) is 41.7 Å². The Morgan fingerprint density at radius 3 is 1.33 bits per heavy atom. The number of aromatic nitrogens is 2. The molecule has 0 aliphatic heterocycles.